The predicted molar refractivity (Wildman–Crippen MR) is 127 cm³/mol. The molecule has 1 unspecified atom stereocenters. The van der Waals surface area contributed by atoms with Crippen LogP contribution in [0.1, 0.15) is 41.1 Å². The van der Waals surface area contributed by atoms with Crippen molar-refractivity contribution in [1.29, 1.82) is 0 Å². The standard InChI is InChI=1S/C23H25FN4O3S2/c1-4-28-20(14-6-8-15(24)9-7-14)26-27-23(28)32-12-18(29)25-21-19(22(30)31-3)16-10-5-13(2)11-17(16)33-21/h6-9,13H,4-5,10-12H2,1-3H3,(H,25,29). The van der Waals surface area contributed by atoms with Crippen molar-refractivity contribution >= 4 is 40.0 Å². The fourth-order valence-corrected chi connectivity index (χ4v) is 6.16. The third-order valence-electron chi connectivity index (χ3n) is 5.62. The van der Waals surface area contributed by atoms with Gasteiger partial charge in [0.15, 0.2) is 11.0 Å². The average Bonchev–Trinajstić information content (AvgIpc) is 3.37. The minimum atomic E-state index is -0.417. The second-order valence-corrected chi connectivity index (χ2v) is 9.99. The summed E-state index contributed by atoms with van der Waals surface area (Å²) in [4.78, 5) is 26.3. The van der Waals surface area contributed by atoms with Crippen molar-refractivity contribution in [2.75, 3.05) is 18.2 Å². The maximum atomic E-state index is 13.3. The van der Waals surface area contributed by atoms with Gasteiger partial charge in [-0.2, -0.15) is 0 Å². The highest BCUT2D eigenvalue weighted by atomic mass is 32.2. The highest BCUT2D eigenvalue weighted by Crippen LogP contribution is 2.40. The molecule has 1 aromatic carbocycles. The molecule has 0 radical (unpaired) electrons. The van der Waals surface area contributed by atoms with E-state index in [1.165, 1.54) is 42.3 Å². The number of hydrogen-bond acceptors (Lipinski definition) is 7. The third kappa shape index (κ3) is 4.96. The van der Waals surface area contributed by atoms with Crippen molar-refractivity contribution in [2.24, 2.45) is 5.92 Å². The topological polar surface area (TPSA) is 86.1 Å². The van der Waals surface area contributed by atoms with Crippen molar-refractivity contribution in [3.8, 4) is 11.4 Å². The van der Waals surface area contributed by atoms with Gasteiger partial charge in [0.2, 0.25) is 5.91 Å². The number of thioether (sulfide) groups is 1. The Hall–Kier alpha value is -2.72. The lowest BCUT2D eigenvalue weighted by atomic mass is 9.88. The molecule has 1 aliphatic rings. The number of fused-ring (bicyclic) bond motifs is 1. The number of ether oxygens (including phenoxy) is 1. The number of methoxy groups -OCH3 is 1. The van der Waals surface area contributed by atoms with E-state index < -0.39 is 5.97 Å². The number of nitrogens with one attached hydrogen (secondary N) is 1. The van der Waals surface area contributed by atoms with Crippen LogP contribution < -0.4 is 5.32 Å². The summed E-state index contributed by atoms with van der Waals surface area (Å²) in [6.07, 6.45) is 2.73. The number of carbonyl (C=O) groups is 2. The first-order chi connectivity index (χ1) is 15.9. The van der Waals surface area contributed by atoms with Crippen molar-refractivity contribution in [2.45, 2.75) is 44.8 Å². The summed E-state index contributed by atoms with van der Waals surface area (Å²) in [5.74, 6) is 0.320. The number of aromatic nitrogens is 3. The maximum Gasteiger partial charge on any atom is 0.341 e. The molecule has 0 saturated carbocycles. The van der Waals surface area contributed by atoms with Crippen molar-refractivity contribution in [3.63, 3.8) is 0 Å². The van der Waals surface area contributed by atoms with Gasteiger partial charge in [-0.05, 0) is 61.9 Å². The first kappa shape index (κ1) is 23.4. The highest BCUT2D eigenvalue weighted by molar-refractivity contribution is 7.99. The molecule has 0 bridgehead atoms. The van der Waals surface area contributed by atoms with Crippen molar-refractivity contribution in [1.82, 2.24) is 14.8 Å². The molecular formula is C23H25FN4O3S2. The van der Waals surface area contributed by atoms with Crippen LogP contribution in [-0.2, 0) is 28.9 Å². The van der Waals surface area contributed by atoms with Crippen LogP contribution >= 0.6 is 23.1 Å². The molecule has 10 heteroatoms. The number of esters is 1. The molecule has 33 heavy (non-hydrogen) atoms. The van der Waals surface area contributed by atoms with Gasteiger partial charge in [-0.15, -0.1) is 21.5 Å². The van der Waals surface area contributed by atoms with Gasteiger partial charge in [-0.3, -0.25) is 4.79 Å². The van der Waals surface area contributed by atoms with Crippen LogP contribution in [-0.4, -0.2) is 39.5 Å². The van der Waals surface area contributed by atoms with Crippen molar-refractivity contribution < 1.29 is 18.7 Å². The highest BCUT2D eigenvalue weighted by Gasteiger charge is 2.29. The number of halogens is 1. The Balaban J connectivity index is 1.48. The largest absolute Gasteiger partial charge is 0.465 e. The molecule has 0 saturated heterocycles. The second kappa shape index (κ2) is 10.0. The van der Waals surface area contributed by atoms with Crippen LogP contribution in [0.2, 0.25) is 0 Å². The van der Waals surface area contributed by atoms with Gasteiger partial charge in [0.1, 0.15) is 10.8 Å². The van der Waals surface area contributed by atoms with Gasteiger partial charge in [0.05, 0.1) is 18.4 Å². The zero-order valence-electron chi connectivity index (χ0n) is 18.7. The van der Waals surface area contributed by atoms with E-state index in [-0.39, 0.29) is 17.5 Å². The second-order valence-electron chi connectivity index (χ2n) is 7.94. The van der Waals surface area contributed by atoms with Gasteiger partial charge in [-0.1, -0.05) is 18.7 Å². The number of benzene rings is 1. The molecule has 2 heterocycles. The zero-order valence-corrected chi connectivity index (χ0v) is 20.3. The Morgan fingerprint density at radius 2 is 2.06 bits per heavy atom. The number of nitrogens with zero attached hydrogens (tertiary/aromatic N) is 3. The Kier molecular flexibility index (Phi) is 7.14. The smallest absolute Gasteiger partial charge is 0.341 e. The summed E-state index contributed by atoms with van der Waals surface area (Å²) in [6, 6.07) is 6.07. The van der Waals surface area contributed by atoms with Crippen LogP contribution in [0, 0.1) is 11.7 Å². The molecule has 1 N–H and O–H groups in total. The van der Waals surface area contributed by atoms with Gasteiger partial charge in [0.25, 0.3) is 0 Å². The molecule has 0 aliphatic heterocycles. The quantitative estimate of drug-likeness (QED) is 0.380. The van der Waals surface area contributed by atoms with E-state index in [2.05, 4.69) is 22.4 Å². The Bertz CT molecular complexity index is 1170. The fraction of sp³-hybridized carbons (Fsp3) is 0.391. The van der Waals surface area contributed by atoms with Crippen molar-refractivity contribution in [3.05, 3.63) is 46.1 Å². The molecule has 0 fully saturated rings. The first-order valence-electron chi connectivity index (χ1n) is 10.8. The molecular weight excluding hydrogens is 463 g/mol. The van der Waals surface area contributed by atoms with Crippen LogP contribution in [0.5, 0.6) is 0 Å². The summed E-state index contributed by atoms with van der Waals surface area (Å²) < 4.78 is 20.1. The van der Waals surface area contributed by atoms with E-state index in [1.54, 1.807) is 12.1 Å². The normalized spacial score (nSPS) is 15.2. The number of carbonyl (C=O) groups excluding carboxylic acids is 2. The third-order valence-corrected chi connectivity index (χ3v) is 7.76. The fourth-order valence-electron chi connectivity index (χ4n) is 3.94. The number of amides is 1. The van der Waals surface area contributed by atoms with E-state index >= 15 is 0 Å². The van der Waals surface area contributed by atoms with Crippen LogP contribution in [0.15, 0.2) is 29.4 Å². The summed E-state index contributed by atoms with van der Waals surface area (Å²) in [6.45, 7) is 4.76. The lowest BCUT2D eigenvalue weighted by Crippen LogP contribution is -2.17. The van der Waals surface area contributed by atoms with Crippen LogP contribution in [0.4, 0.5) is 9.39 Å². The monoisotopic (exact) mass is 488 g/mol. The van der Waals surface area contributed by atoms with E-state index in [0.717, 1.165) is 35.3 Å². The van der Waals surface area contributed by atoms with E-state index in [4.69, 9.17) is 4.74 Å². The Morgan fingerprint density at radius 3 is 2.76 bits per heavy atom. The lowest BCUT2D eigenvalue weighted by molar-refractivity contribution is -0.113. The van der Waals surface area contributed by atoms with Gasteiger partial charge >= 0.3 is 5.97 Å². The van der Waals surface area contributed by atoms with E-state index in [1.807, 2.05) is 11.5 Å². The van der Waals surface area contributed by atoms with Gasteiger partial charge < -0.3 is 14.6 Å². The number of rotatable bonds is 7. The summed E-state index contributed by atoms with van der Waals surface area (Å²) in [5.41, 5.74) is 2.24. The molecule has 2 aromatic heterocycles. The minimum absolute atomic E-state index is 0.112. The zero-order chi connectivity index (χ0) is 23.5. The molecule has 0 spiro atoms. The van der Waals surface area contributed by atoms with Crippen LogP contribution in [0.3, 0.4) is 0 Å². The predicted octanol–water partition coefficient (Wildman–Crippen LogP) is 4.81. The molecule has 1 amide bonds. The SMILES string of the molecule is CCn1c(SCC(=O)Nc2sc3c(c2C(=O)OC)CCC(C)C3)nnc1-c1ccc(F)cc1. The van der Waals surface area contributed by atoms with Gasteiger partial charge in [-0.25, -0.2) is 9.18 Å². The number of hydrogen-bond donors (Lipinski definition) is 1. The molecule has 1 aliphatic carbocycles. The molecule has 7 nitrogen and oxygen atoms in total. The van der Waals surface area contributed by atoms with E-state index in [0.29, 0.717) is 34.0 Å². The average molecular weight is 489 g/mol. The Morgan fingerprint density at radius 1 is 1.30 bits per heavy atom. The van der Waals surface area contributed by atoms with Gasteiger partial charge in [0, 0.05) is 17.0 Å². The summed E-state index contributed by atoms with van der Waals surface area (Å²) >= 11 is 2.73. The molecule has 4 rings (SSSR count). The molecule has 1 atom stereocenters. The minimum Gasteiger partial charge on any atom is -0.465 e. The van der Waals surface area contributed by atoms with Crippen LogP contribution in [0.25, 0.3) is 11.4 Å². The summed E-state index contributed by atoms with van der Waals surface area (Å²) in [7, 11) is 1.36. The Labute approximate surface area is 199 Å². The molecule has 3 aromatic rings. The lowest BCUT2D eigenvalue weighted by Gasteiger charge is -2.18. The maximum absolute atomic E-state index is 13.3. The molecule has 174 valence electrons. The number of thiophene rings is 1. The summed E-state index contributed by atoms with van der Waals surface area (Å²) in [5, 5.41) is 12.5. The van der Waals surface area contributed by atoms with E-state index in [9.17, 15) is 14.0 Å². The number of anilines is 1. The first-order valence-corrected chi connectivity index (χ1v) is 12.6.